The van der Waals surface area contributed by atoms with Crippen LogP contribution in [-0.4, -0.2) is 39.9 Å². The van der Waals surface area contributed by atoms with Gasteiger partial charge >= 0.3 is 0 Å². The van der Waals surface area contributed by atoms with Gasteiger partial charge < -0.3 is 10.1 Å². The molecule has 6 nitrogen and oxygen atoms in total. The molecule has 1 aliphatic heterocycles. The van der Waals surface area contributed by atoms with E-state index in [1.807, 2.05) is 0 Å². The van der Waals surface area contributed by atoms with E-state index in [1.165, 1.54) is 0 Å². The molecule has 0 aromatic carbocycles. The summed E-state index contributed by atoms with van der Waals surface area (Å²) in [6, 6.07) is 0.646. The van der Waals surface area contributed by atoms with Crippen LogP contribution in [0.5, 0.6) is 0 Å². The van der Waals surface area contributed by atoms with Crippen LogP contribution in [0, 0.1) is 0 Å². The van der Waals surface area contributed by atoms with E-state index < -0.39 is 0 Å². The first kappa shape index (κ1) is 10.5. The van der Waals surface area contributed by atoms with Gasteiger partial charge in [-0.2, -0.15) is 5.21 Å². The van der Waals surface area contributed by atoms with Crippen molar-refractivity contribution in [2.45, 2.75) is 38.3 Å². The standard InChI is InChI=1S/C9H17N5O/c1-7(9-11-13-14-12-9)10-8-3-2-5-15-6-4-8/h7-8,10H,2-6H2,1H3,(H,11,12,13,14). The third-order valence-corrected chi connectivity index (χ3v) is 2.69. The molecule has 2 N–H and O–H groups in total. The van der Waals surface area contributed by atoms with Gasteiger partial charge in [0.05, 0.1) is 6.04 Å². The van der Waals surface area contributed by atoms with E-state index in [0.29, 0.717) is 6.04 Å². The Hall–Kier alpha value is -1.01. The highest BCUT2D eigenvalue weighted by Crippen LogP contribution is 2.13. The van der Waals surface area contributed by atoms with Gasteiger partial charge in [-0.05, 0) is 26.2 Å². The number of hydrogen-bond donors (Lipinski definition) is 2. The Labute approximate surface area is 88.8 Å². The number of hydrogen-bond acceptors (Lipinski definition) is 5. The number of H-pyrrole nitrogens is 1. The number of ether oxygens (including phenoxy) is 1. The average Bonchev–Trinajstić information content (AvgIpc) is 2.65. The molecule has 6 heteroatoms. The van der Waals surface area contributed by atoms with Crippen molar-refractivity contribution in [3.63, 3.8) is 0 Å². The molecule has 0 amide bonds. The lowest BCUT2D eigenvalue weighted by Gasteiger charge is -2.19. The lowest BCUT2D eigenvalue weighted by Crippen LogP contribution is -2.32. The maximum atomic E-state index is 5.41. The third kappa shape index (κ3) is 2.97. The van der Waals surface area contributed by atoms with E-state index in [0.717, 1.165) is 38.3 Å². The third-order valence-electron chi connectivity index (χ3n) is 2.69. The van der Waals surface area contributed by atoms with Crippen molar-refractivity contribution in [2.24, 2.45) is 0 Å². The highest BCUT2D eigenvalue weighted by atomic mass is 16.5. The highest BCUT2D eigenvalue weighted by Gasteiger charge is 2.17. The van der Waals surface area contributed by atoms with E-state index in [2.05, 4.69) is 32.9 Å². The summed E-state index contributed by atoms with van der Waals surface area (Å²) in [4.78, 5) is 0. The van der Waals surface area contributed by atoms with Crippen molar-refractivity contribution in [2.75, 3.05) is 13.2 Å². The van der Waals surface area contributed by atoms with Gasteiger partial charge in [-0.25, -0.2) is 0 Å². The quantitative estimate of drug-likeness (QED) is 0.757. The summed E-state index contributed by atoms with van der Waals surface area (Å²) in [5, 5.41) is 17.4. The van der Waals surface area contributed by atoms with Gasteiger partial charge in [-0.3, -0.25) is 0 Å². The first-order valence-corrected chi connectivity index (χ1v) is 5.43. The molecule has 2 atom stereocenters. The average molecular weight is 211 g/mol. The summed E-state index contributed by atoms with van der Waals surface area (Å²) < 4.78 is 5.41. The fourth-order valence-corrected chi connectivity index (χ4v) is 1.85. The van der Waals surface area contributed by atoms with Crippen LogP contribution in [0.2, 0.25) is 0 Å². The Balaban J connectivity index is 1.84. The second-order valence-corrected chi connectivity index (χ2v) is 3.90. The SMILES string of the molecule is CC(NC1CCCOCC1)c1nn[nH]n1. The molecule has 1 aromatic heterocycles. The Bertz CT molecular complexity index is 268. The lowest BCUT2D eigenvalue weighted by molar-refractivity contribution is 0.142. The summed E-state index contributed by atoms with van der Waals surface area (Å²) in [5.74, 6) is 0.722. The molecule has 1 saturated heterocycles. The molecule has 2 unspecified atom stereocenters. The van der Waals surface area contributed by atoms with Crippen LogP contribution in [0.1, 0.15) is 38.1 Å². The Morgan fingerprint density at radius 1 is 1.47 bits per heavy atom. The minimum Gasteiger partial charge on any atom is -0.381 e. The fraction of sp³-hybridized carbons (Fsp3) is 0.889. The Morgan fingerprint density at radius 3 is 3.20 bits per heavy atom. The first-order valence-electron chi connectivity index (χ1n) is 5.43. The predicted octanol–water partition coefficient (Wildman–Crippen LogP) is 0.419. The molecule has 0 radical (unpaired) electrons. The van der Waals surface area contributed by atoms with E-state index in [9.17, 15) is 0 Å². The van der Waals surface area contributed by atoms with Crippen LogP contribution in [0.3, 0.4) is 0 Å². The second kappa shape index (κ2) is 5.18. The molecule has 84 valence electrons. The van der Waals surface area contributed by atoms with Crippen LogP contribution >= 0.6 is 0 Å². The molecule has 2 heterocycles. The molecular weight excluding hydrogens is 194 g/mol. The molecule has 0 saturated carbocycles. The second-order valence-electron chi connectivity index (χ2n) is 3.90. The number of nitrogens with zero attached hydrogens (tertiary/aromatic N) is 3. The molecule has 2 rings (SSSR count). The van der Waals surface area contributed by atoms with Crippen molar-refractivity contribution < 1.29 is 4.74 Å². The predicted molar refractivity (Wildman–Crippen MR) is 54.2 cm³/mol. The maximum Gasteiger partial charge on any atom is 0.191 e. The first-order chi connectivity index (χ1) is 7.36. The largest absolute Gasteiger partial charge is 0.381 e. The van der Waals surface area contributed by atoms with Crippen LogP contribution in [0.25, 0.3) is 0 Å². The molecule has 0 aliphatic carbocycles. The van der Waals surface area contributed by atoms with Crippen LogP contribution in [0.4, 0.5) is 0 Å². The van der Waals surface area contributed by atoms with Gasteiger partial charge in [0.1, 0.15) is 0 Å². The summed E-state index contributed by atoms with van der Waals surface area (Å²) in [5.41, 5.74) is 0. The molecule has 15 heavy (non-hydrogen) atoms. The van der Waals surface area contributed by atoms with Crippen molar-refractivity contribution in [1.82, 2.24) is 25.9 Å². The summed E-state index contributed by atoms with van der Waals surface area (Å²) in [6.07, 6.45) is 3.33. The normalized spacial score (nSPS) is 24.7. The Kier molecular flexibility index (Phi) is 3.63. The van der Waals surface area contributed by atoms with E-state index >= 15 is 0 Å². The molecule has 1 fully saturated rings. The van der Waals surface area contributed by atoms with Crippen LogP contribution in [0.15, 0.2) is 0 Å². The van der Waals surface area contributed by atoms with Gasteiger partial charge in [0.15, 0.2) is 5.82 Å². The van der Waals surface area contributed by atoms with Crippen LogP contribution in [-0.2, 0) is 4.74 Å². The monoisotopic (exact) mass is 211 g/mol. The van der Waals surface area contributed by atoms with E-state index in [1.54, 1.807) is 0 Å². The zero-order chi connectivity index (χ0) is 10.5. The Morgan fingerprint density at radius 2 is 2.40 bits per heavy atom. The topological polar surface area (TPSA) is 75.7 Å². The van der Waals surface area contributed by atoms with E-state index in [-0.39, 0.29) is 6.04 Å². The van der Waals surface area contributed by atoms with Gasteiger partial charge in [-0.15, -0.1) is 10.2 Å². The number of aromatic amines is 1. The van der Waals surface area contributed by atoms with Crippen molar-refractivity contribution in [1.29, 1.82) is 0 Å². The van der Waals surface area contributed by atoms with Crippen molar-refractivity contribution in [3.8, 4) is 0 Å². The fourth-order valence-electron chi connectivity index (χ4n) is 1.85. The minimum atomic E-state index is 0.145. The number of aromatic nitrogens is 4. The van der Waals surface area contributed by atoms with Gasteiger partial charge in [0.25, 0.3) is 0 Å². The zero-order valence-corrected chi connectivity index (χ0v) is 8.94. The van der Waals surface area contributed by atoms with Crippen molar-refractivity contribution in [3.05, 3.63) is 5.82 Å². The lowest BCUT2D eigenvalue weighted by atomic mass is 10.1. The summed E-state index contributed by atoms with van der Waals surface area (Å²) in [6.45, 7) is 3.78. The number of tetrazole rings is 1. The molecule has 1 aliphatic rings. The van der Waals surface area contributed by atoms with E-state index in [4.69, 9.17) is 4.74 Å². The zero-order valence-electron chi connectivity index (χ0n) is 8.94. The summed E-state index contributed by atoms with van der Waals surface area (Å²) in [7, 11) is 0. The molecule has 1 aromatic rings. The molecular formula is C9H17N5O. The number of rotatable bonds is 3. The van der Waals surface area contributed by atoms with Crippen LogP contribution < -0.4 is 5.32 Å². The van der Waals surface area contributed by atoms with Gasteiger partial charge in [0, 0.05) is 19.3 Å². The van der Waals surface area contributed by atoms with Gasteiger partial charge in [-0.1, -0.05) is 5.21 Å². The molecule has 0 bridgehead atoms. The highest BCUT2D eigenvalue weighted by molar-refractivity contribution is 4.88. The number of nitrogens with one attached hydrogen (secondary N) is 2. The van der Waals surface area contributed by atoms with Crippen molar-refractivity contribution >= 4 is 0 Å². The molecule has 0 spiro atoms. The van der Waals surface area contributed by atoms with Gasteiger partial charge in [0.2, 0.25) is 0 Å². The maximum absolute atomic E-state index is 5.41. The summed E-state index contributed by atoms with van der Waals surface area (Å²) >= 11 is 0. The smallest absolute Gasteiger partial charge is 0.191 e. The minimum absolute atomic E-state index is 0.145.